The first kappa shape index (κ1) is 14.1. The SMILES string of the molecule is COc1ccc(C2=NNC3(S2)C(=O)Nc2ccc(F)cc23)cc1. The van der Waals surface area contributed by atoms with Crippen molar-refractivity contribution < 1.29 is 13.9 Å². The number of methoxy groups -OCH3 is 1. The minimum atomic E-state index is -1.12. The number of carbonyl (C=O) groups is 1. The molecule has 0 aromatic heterocycles. The predicted molar refractivity (Wildman–Crippen MR) is 87.0 cm³/mol. The van der Waals surface area contributed by atoms with Crippen LogP contribution >= 0.6 is 11.8 Å². The van der Waals surface area contributed by atoms with Crippen LogP contribution in [0.2, 0.25) is 0 Å². The number of anilines is 1. The first-order chi connectivity index (χ1) is 11.1. The average molecular weight is 329 g/mol. The number of nitrogens with one attached hydrogen (secondary N) is 2. The van der Waals surface area contributed by atoms with E-state index >= 15 is 0 Å². The second-order valence-electron chi connectivity index (χ2n) is 5.18. The molecular formula is C16H12FN3O2S. The maximum absolute atomic E-state index is 13.6. The van der Waals surface area contributed by atoms with Gasteiger partial charge < -0.3 is 10.1 Å². The molecule has 2 N–H and O–H groups in total. The molecule has 1 atom stereocenters. The number of hydrogen-bond acceptors (Lipinski definition) is 5. The van der Waals surface area contributed by atoms with Gasteiger partial charge in [0, 0.05) is 16.8 Å². The Morgan fingerprint density at radius 2 is 2.00 bits per heavy atom. The van der Waals surface area contributed by atoms with Gasteiger partial charge in [-0.15, -0.1) is 0 Å². The highest BCUT2D eigenvalue weighted by Gasteiger charge is 2.52. The lowest BCUT2D eigenvalue weighted by atomic mass is 10.1. The van der Waals surface area contributed by atoms with Crippen molar-refractivity contribution in [2.45, 2.75) is 4.87 Å². The van der Waals surface area contributed by atoms with Crippen LogP contribution in [0.25, 0.3) is 0 Å². The molecule has 0 saturated carbocycles. The van der Waals surface area contributed by atoms with Crippen LogP contribution in [-0.2, 0) is 9.67 Å². The highest BCUT2D eigenvalue weighted by molar-refractivity contribution is 8.16. The molecule has 2 aliphatic rings. The molecule has 5 nitrogen and oxygen atoms in total. The summed E-state index contributed by atoms with van der Waals surface area (Å²) in [7, 11) is 1.60. The molecule has 2 heterocycles. The van der Waals surface area contributed by atoms with E-state index in [9.17, 15) is 9.18 Å². The number of hydrazone groups is 1. The van der Waals surface area contributed by atoms with E-state index in [1.807, 2.05) is 24.3 Å². The molecule has 1 spiro atoms. The molecule has 1 unspecified atom stereocenters. The van der Waals surface area contributed by atoms with Gasteiger partial charge >= 0.3 is 0 Å². The second kappa shape index (κ2) is 4.99. The van der Waals surface area contributed by atoms with E-state index < -0.39 is 4.87 Å². The van der Waals surface area contributed by atoms with E-state index in [1.165, 1.54) is 23.9 Å². The normalized spacial score (nSPS) is 21.7. The van der Waals surface area contributed by atoms with Gasteiger partial charge in [-0.1, -0.05) is 11.8 Å². The molecule has 0 fully saturated rings. The first-order valence-corrected chi connectivity index (χ1v) is 7.74. The van der Waals surface area contributed by atoms with Crippen molar-refractivity contribution >= 4 is 28.4 Å². The number of hydrogen-bond donors (Lipinski definition) is 2. The largest absolute Gasteiger partial charge is 0.497 e. The van der Waals surface area contributed by atoms with Crippen LogP contribution in [-0.4, -0.2) is 18.1 Å². The Kier molecular flexibility index (Phi) is 3.05. The van der Waals surface area contributed by atoms with Crippen molar-refractivity contribution in [2.75, 3.05) is 12.4 Å². The zero-order valence-electron chi connectivity index (χ0n) is 12.1. The summed E-state index contributed by atoms with van der Waals surface area (Å²) in [5, 5.41) is 7.71. The van der Waals surface area contributed by atoms with Gasteiger partial charge in [0.05, 0.1) is 7.11 Å². The molecule has 2 aromatic rings. The van der Waals surface area contributed by atoms with Gasteiger partial charge in [-0.3, -0.25) is 10.2 Å². The molecule has 4 rings (SSSR count). The minimum Gasteiger partial charge on any atom is -0.497 e. The number of thioether (sulfide) groups is 1. The quantitative estimate of drug-likeness (QED) is 0.889. The maximum Gasteiger partial charge on any atom is 0.267 e. The molecule has 7 heteroatoms. The number of amides is 1. The molecule has 116 valence electrons. The summed E-state index contributed by atoms with van der Waals surface area (Å²) < 4.78 is 18.7. The second-order valence-corrected chi connectivity index (χ2v) is 6.39. The van der Waals surface area contributed by atoms with Gasteiger partial charge in [0.15, 0.2) is 0 Å². The molecule has 0 aliphatic carbocycles. The minimum absolute atomic E-state index is 0.254. The van der Waals surface area contributed by atoms with Crippen LogP contribution in [0.5, 0.6) is 5.75 Å². The van der Waals surface area contributed by atoms with E-state index in [0.717, 1.165) is 11.3 Å². The van der Waals surface area contributed by atoms with Crippen molar-refractivity contribution in [3.8, 4) is 5.75 Å². The Morgan fingerprint density at radius 1 is 1.22 bits per heavy atom. The van der Waals surface area contributed by atoms with Crippen molar-refractivity contribution in [3.05, 3.63) is 59.4 Å². The van der Waals surface area contributed by atoms with Crippen molar-refractivity contribution in [2.24, 2.45) is 5.10 Å². The van der Waals surface area contributed by atoms with E-state index in [1.54, 1.807) is 13.2 Å². The summed E-state index contributed by atoms with van der Waals surface area (Å²) >= 11 is 1.27. The van der Waals surface area contributed by atoms with E-state index in [0.29, 0.717) is 16.3 Å². The number of carbonyl (C=O) groups excluding carboxylic acids is 1. The van der Waals surface area contributed by atoms with Crippen molar-refractivity contribution in [1.29, 1.82) is 0 Å². The van der Waals surface area contributed by atoms with Crippen molar-refractivity contribution in [3.63, 3.8) is 0 Å². The monoisotopic (exact) mass is 329 g/mol. The fourth-order valence-electron chi connectivity index (χ4n) is 2.64. The number of fused-ring (bicyclic) bond motifs is 2. The fraction of sp³-hybridized carbons (Fsp3) is 0.125. The number of ether oxygens (including phenoxy) is 1. The molecule has 0 saturated heterocycles. The molecule has 23 heavy (non-hydrogen) atoms. The highest BCUT2D eigenvalue weighted by Crippen LogP contribution is 2.48. The molecule has 2 aromatic carbocycles. The highest BCUT2D eigenvalue weighted by atomic mass is 32.2. The van der Waals surface area contributed by atoms with Crippen LogP contribution in [0.1, 0.15) is 11.1 Å². The summed E-state index contributed by atoms with van der Waals surface area (Å²) in [6.07, 6.45) is 0. The lowest BCUT2D eigenvalue weighted by Gasteiger charge is -2.19. The molecular weight excluding hydrogens is 317 g/mol. The summed E-state index contributed by atoms with van der Waals surface area (Å²) in [6.45, 7) is 0. The summed E-state index contributed by atoms with van der Waals surface area (Å²) in [5.41, 5.74) is 4.90. The standard InChI is InChI=1S/C16H12FN3O2S/c1-22-11-5-2-9(3-6-11)14-19-20-16(23-14)12-8-10(17)4-7-13(12)18-15(16)21/h2-8,20H,1H3,(H,18,21). The van der Waals surface area contributed by atoms with E-state index in [-0.39, 0.29) is 11.7 Å². The smallest absolute Gasteiger partial charge is 0.267 e. The summed E-state index contributed by atoms with van der Waals surface area (Å²) in [6, 6.07) is 11.6. The summed E-state index contributed by atoms with van der Waals surface area (Å²) in [5.74, 6) is 0.0985. The van der Waals surface area contributed by atoms with Gasteiger partial charge in [-0.25, -0.2) is 4.39 Å². The Hall–Kier alpha value is -2.54. The number of rotatable bonds is 2. The third-order valence-corrected chi connectivity index (χ3v) is 5.15. The average Bonchev–Trinajstić information content (AvgIpc) is 3.13. The summed E-state index contributed by atoms with van der Waals surface area (Å²) in [4.78, 5) is 11.3. The molecule has 0 bridgehead atoms. The fourth-order valence-corrected chi connectivity index (χ4v) is 3.79. The third-order valence-electron chi connectivity index (χ3n) is 3.83. The Bertz CT molecular complexity index is 838. The van der Waals surface area contributed by atoms with Gasteiger partial charge in [-0.2, -0.15) is 5.10 Å². The first-order valence-electron chi connectivity index (χ1n) is 6.92. The molecule has 2 aliphatic heterocycles. The van der Waals surface area contributed by atoms with Gasteiger partial charge in [0.1, 0.15) is 16.6 Å². The van der Waals surface area contributed by atoms with Crippen LogP contribution in [0.4, 0.5) is 10.1 Å². The Labute approximate surface area is 135 Å². The maximum atomic E-state index is 13.6. The number of nitrogens with zero attached hydrogens (tertiary/aromatic N) is 1. The van der Waals surface area contributed by atoms with Gasteiger partial charge in [0.25, 0.3) is 5.91 Å². The molecule has 1 amide bonds. The van der Waals surface area contributed by atoms with E-state index in [4.69, 9.17) is 4.74 Å². The van der Waals surface area contributed by atoms with Gasteiger partial charge in [0.2, 0.25) is 4.87 Å². The van der Waals surface area contributed by atoms with Crippen LogP contribution in [0.15, 0.2) is 47.6 Å². The zero-order valence-corrected chi connectivity index (χ0v) is 12.9. The lowest BCUT2D eigenvalue weighted by molar-refractivity contribution is -0.118. The lowest BCUT2D eigenvalue weighted by Crippen LogP contribution is -2.39. The van der Waals surface area contributed by atoms with Crippen LogP contribution in [0.3, 0.4) is 0 Å². The predicted octanol–water partition coefficient (Wildman–Crippen LogP) is 2.64. The van der Waals surface area contributed by atoms with E-state index in [2.05, 4.69) is 15.8 Å². The van der Waals surface area contributed by atoms with Crippen molar-refractivity contribution in [1.82, 2.24) is 5.43 Å². The Morgan fingerprint density at radius 3 is 2.74 bits per heavy atom. The van der Waals surface area contributed by atoms with Gasteiger partial charge in [-0.05, 0) is 42.5 Å². The third kappa shape index (κ3) is 2.08. The van der Waals surface area contributed by atoms with Crippen LogP contribution < -0.4 is 15.5 Å². The number of halogens is 1. The molecule has 0 radical (unpaired) electrons. The topological polar surface area (TPSA) is 62.7 Å². The zero-order chi connectivity index (χ0) is 16.0. The Balaban J connectivity index is 1.69. The van der Waals surface area contributed by atoms with Crippen LogP contribution in [0, 0.1) is 5.82 Å². The number of benzene rings is 2.